The number of sulfonamides is 1. The maximum Gasteiger partial charge on any atom is 0.411 e. The molecule has 2 amide bonds. The van der Waals surface area contributed by atoms with Crippen molar-refractivity contribution >= 4 is 27.7 Å². The molecule has 0 unspecified atom stereocenters. The number of anilines is 1. The van der Waals surface area contributed by atoms with E-state index in [9.17, 15) is 18.0 Å². The second-order valence-electron chi connectivity index (χ2n) is 5.70. The molecule has 9 nitrogen and oxygen atoms in total. The summed E-state index contributed by atoms with van der Waals surface area (Å²) in [5.74, 6) is 0.212. The minimum Gasteiger partial charge on any atom is -0.484 e. The topological polar surface area (TPSA) is 105 Å². The molecule has 26 heavy (non-hydrogen) atoms. The van der Waals surface area contributed by atoms with Crippen LogP contribution in [0.15, 0.2) is 24.3 Å². The molecule has 1 aromatic carbocycles. The molecular weight excluding hydrogens is 362 g/mol. The van der Waals surface area contributed by atoms with Crippen molar-refractivity contribution in [2.24, 2.45) is 0 Å². The van der Waals surface area contributed by atoms with E-state index in [0.717, 1.165) is 6.26 Å². The number of hydrogen-bond acceptors (Lipinski definition) is 6. The van der Waals surface area contributed by atoms with Crippen LogP contribution in [0.3, 0.4) is 0 Å². The van der Waals surface area contributed by atoms with Gasteiger partial charge >= 0.3 is 6.09 Å². The van der Waals surface area contributed by atoms with E-state index in [0.29, 0.717) is 24.5 Å². The van der Waals surface area contributed by atoms with Crippen LogP contribution >= 0.6 is 0 Å². The van der Waals surface area contributed by atoms with Gasteiger partial charge in [0.25, 0.3) is 5.91 Å². The van der Waals surface area contributed by atoms with Crippen LogP contribution in [0.4, 0.5) is 10.5 Å². The largest absolute Gasteiger partial charge is 0.484 e. The molecule has 0 spiro atoms. The second kappa shape index (κ2) is 8.86. The molecule has 2 rings (SSSR count). The summed E-state index contributed by atoms with van der Waals surface area (Å²) in [4.78, 5) is 25.2. The first-order valence-electron chi connectivity index (χ1n) is 8.19. The molecular formula is C16H23N3O6S. The van der Waals surface area contributed by atoms with Crippen molar-refractivity contribution < 1.29 is 27.5 Å². The first-order valence-corrected chi connectivity index (χ1v) is 10.0. The van der Waals surface area contributed by atoms with Crippen molar-refractivity contribution in [1.29, 1.82) is 0 Å². The normalized spacial score (nSPS) is 15.4. The minimum absolute atomic E-state index is 0.165. The van der Waals surface area contributed by atoms with Gasteiger partial charge in [0.15, 0.2) is 6.61 Å². The quantitative estimate of drug-likeness (QED) is 0.774. The highest BCUT2D eigenvalue weighted by atomic mass is 32.2. The number of nitrogens with one attached hydrogen (secondary N) is 1. The van der Waals surface area contributed by atoms with Crippen LogP contribution in [-0.4, -0.2) is 75.3 Å². The van der Waals surface area contributed by atoms with E-state index < -0.39 is 16.1 Å². The van der Waals surface area contributed by atoms with Crippen LogP contribution < -0.4 is 10.1 Å². The lowest BCUT2D eigenvalue weighted by Crippen LogP contribution is -2.51. The predicted molar refractivity (Wildman–Crippen MR) is 95.6 cm³/mol. The zero-order valence-electron chi connectivity index (χ0n) is 14.8. The molecule has 1 aliphatic rings. The minimum atomic E-state index is -3.23. The summed E-state index contributed by atoms with van der Waals surface area (Å²) < 4.78 is 34.6. The summed E-state index contributed by atoms with van der Waals surface area (Å²) in [6.07, 6.45) is 0.592. The van der Waals surface area contributed by atoms with Gasteiger partial charge in [-0.3, -0.25) is 10.1 Å². The maximum atomic E-state index is 12.2. The van der Waals surface area contributed by atoms with Crippen LogP contribution in [0.5, 0.6) is 5.75 Å². The Labute approximate surface area is 152 Å². The smallest absolute Gasteiger partial charge is 0.411 e. The van der Waals surface area contributed by atoms with Crippen molar-refractivity contribution in [3.8, 4) is 5.75 Å². The van der Waals surface area contributed by atoms with E-state index in [2.05, 4.69) is 5.32 Å². The number of carbonyl (C=O) groups is 2. The Morgan fingerprint density at radius 1 is 1.19 bits per heavy atom. The van der Waals surface area contributed by atoms with Gasteiger partial charge in [-0.05, 0) is 19.1 Å². The lowest BCUT2D eigenvalue weighted by Gasteiger charge is -2.33. The Hall–Kier alpha value is -2.33. The number of piperazine rings is 1. The van der Waals surface area contributed by atoms with Crippen molar-refractivity contribution in [2.45, 2.75) is 6.92 Å². The second-order valence-corrected chi connectivity index (χ2v) is 7.69. The van der Waals surface area contributed by atoms with E-state index in [1.54, 1.807) is 36.1 Å². The van der Waals surface area contributed by atoms with Crippen molar-refractivity contribution in [3.05, 3.63) is 24.3 Å². The highest BCUT2D eigenvalue weighted by Gasteiger charge is 2.26. The SMILES string of the molecule is CCOC(=O)Nc1cccc(OCC(=O)N2CCN(S(C)(=O)=O)CC2)c1. The standard InChI is InChI=1S/C16H23N3O6S/c1-3-24-16(21)17-13-5-4-6-14(11-13)25-12-15(20)18-7-9-19(10-8-18)26(2,22)23/h4-6,11H,3,7-10,12H2,1-2H3,(H,17,21). The molecule has 0 saturated carbocycles. The first-order chi connectivity index (χ1) is 12.3. The molecule has 1 heterocycles. The molecule has 0 bridgehead atoms. The summed E-state index contributed by atoms with van der Waals surface area (Å²) in [6, 6.07) is 6.62. The van der Waals surface area contributed by atoms with Crippen molar-refractivity contribution in [3.63, 3.8) is 0 Å². The number of carbonyl (C=O) groups excluding carboxylic acids is 2. The first kappa shape index (κ1) is 20.0. The Kier molecular flexibility index (Phi) is 6.81. The van der Waals surface area contributed by atoms with E-state index in [4.69, 9.17) is 9.47 Å². The van der Waals surface area contributed by atoms with Gasteiger partial charge in [-0.25, -0.2) is 13.2 Å². The average molecular weight is 385 g/mol. The Bertz CT molecular complexity index is 744. The van der Waals surface area contributed by atoms with Gasteiger partial charge in [-0.15, -0.1) is 0 Å². The number of nitrogens with zero attached hydrogens (tertiary/aromatic N) is 2. The Morgan fingerprint density at radius 3 is 2.50 bits per heavy atom. The van der Waals surface area contributed by atoms with Gasteiger partial charge in [0.05, 0.1) is 12.9 Å². The molecule has 10 heteroatoms. The van der Waals surface area contributed by atoms with Gasteiger partial charge in [-0.1, -0.05) is 6.07 Å². The molecule has 1 aromatic rings. The zero-order valence-corrected chi connectivity index (χ0v) is 15.6. The molecule has 1 saturated heterocycles. The Balaban J connectivity index is 1.83. The monoisotopic (exact) mass is 385 g/mol. The molecule has 0 radical (unpaired) electrons. The summed E-state index contributed by atoms with van der Waals surface area (Å²) in [5, 5.41) is 2.55. The van der Waals surface area contributed by atoms with Crippen LogP contribution in [0.25, 0.3) is 0 Å². The Morgan fingerprint density at radius 2 is 1.88 bits per heavy atom. The molecule has 0 atom stereocenters. The van der Waals surface area contributed by atoms with Gasteiger partial charge < -0.3 is 14.4 Å². The van der Waals surface area contributed by atoms with Crippen LogP contribution in [-0.2, 0) is 19.6 Å². The number of benzene rings is 1. The van der Waals surface area contributed by atoms with E-state index in [-0.39, 0.29) is 32.2 Å². The highest BCUT2D eigenvalue weighted by molar-refractivity contribution is 7.88. The number of amides is 2. The molecule has 0 aliphatic carbocycles. The number of rotatable bonds is 6. The molecule has 0 aromatic heterocycles. The summed E-state index contributed by atoms with van der Waals surface area (Å²) in [6.45, 7) is 3.04. The van der Waals surface area contributed by atoms with Crippen LogP contribution in [0.1, 0.15) is 6.92 Å². The lowest BCUT2D eigenvalue weighted by atomic mass is 10.3. The maximum absolute atomic E-state index is 12.2. The van der Waals surface area contributed by atoms with Gasteiger partial charge in [0.2, 0.25) is 10.0 Å². The summed E-state index contributed by atoms with van der Waals surface area (Å²) in [7, 11) is -3.23. The lowest BCUT2D eigenvalue weighted by molar-refractivity contribution is -0.134. The molecule has 144 valence electrons. The van der Waals surface area contributed by atoms with E-state index in [1.165, 1.54) is 4.31 Å². The zero-order chi connectivity index (χ0) is 19.2. The molecule has 1 fully saturated rings. The average Bonchev–Trinajstić information content (AvgIpc) is 2.59. The summed E-state index contributed by atoms with van der Waals surface area (Å²) in [5.41, 5.74) is 0.496. The third-order valence-electron chi connectivity index (χ3n) is 3.78. The third-order valence-corrected chi connectivity index (χ3v) is 5.08. The van der Waals surface area contributed by atoms with Gasteiger partial charge in [0, 0.05) is 37.9 Å². The van der Waals surface area contributed by atoms with Gasteiger partial charge in [-0.2, -0.15) is 4.31 Å². The fourth-order valence-corrected chi connectivity index (χ4v) is 3.28. The van der Waals surface area contributed by atoms with Crippen molar-refractivity contribution in [1.82, 2.24) is 9.21 Å². The predicted octanol–water partition coefficient (Wildman–Crippen LogP) is 0.738. The number of ether oxygens (including phenoxy) is 2. The van der Waals surface area contributed by atoms with Crippen LogP contribution in [0, 0.1) is 0 Å². The highest BCUT2D eigenvalue weighted by Crippen LogP contribution is 2.18. The van der Waals surface area contributed by atoms with Crippen LogP contribution in [0.2, 0.25) is 0 Å². The van der Waals surface area contributed by atoms with E-state index >= 15 is 0 Å². The molecule has 1 aliphatic heterocycles. The van der Waals surface area contributed by atoms with E-state index in [1.807, 2.05) is 0 Å². The third kappa shape index (κ3) is 5.88. The fraction of sp³-hybridized carbons (Fsp3) is 0.500. The molecule has 1 N–H and O–H groups in total. The summed E-state index contributed by atoms with van der Waals surface area (Å²) >= 11 is 0. The van der Waals surface area contributed by atoms with Crippen molar-refractivity contribution in [2.75, 3.05) is 51.0 Å². The van der Waals surface area contributed by atoms with Gasteiger partial charge in [0.1, 0.15) is 5.75 Å². The number of hydrogen-bond donors (Lipinski definition) is 1. The fourth-order valence-electron chi connectivity index (χ4n) is 2.45.